The molecule has 0 fully saturated rings. The first-order valence-corrected chi connectivity index (χ1v) is 5.65. The van der Waals surface area contributed by atoms with Gasteiger partial charge in [-0.25, -0.2) is 0 Å². The lowest BCUT2D eigenvalue weighted by Gasteiger charge is -2.22. The fourth-order valence-corrected chi connectivity index (χ4v) is 1.69. The van der Waals surface area contributed by atoms with Crippen LogP contribution in [0.5, 0.6) is 0 Å². The number of carboxylic acid groups (broad SMARTS) is 1. The average Bonchev–Trinajstić information content (AvgIpc) is 2.21. The van der Waals surface area contributed by atoms with Gasteiger partial charge in [-0.2, -0.15) is 0 Å². The van der Waals surface area contributed by atoms with E-state index in [1.165, 1.54) is 0 Å². The molecule has 0 saturated carbocycles. The molecule has 1 N–H and O–H groups in total. The van der Waals surface area contributed by atoms with Gasteiger partial charge in [0.2, 0.25) is 0 Å². The number of rotatable bonds is 5. The molecule has 0 radical (unpaired) electrons. The highest BCUT2D eigenvalue weighted by molar-refractivity contribution is 6.31. The van der Waals surface area contributed by atoms with Gasteiger partial charge < -0.3 is 10.0 Å². The Kier molecular flexibility index (Phi) is 4.62. The van der Waals surface area contributed by atoms with E-state index in [0.29, 0.717) is 11.6 Å². The number of carbonyl (C=O) groups is 1. The minimum atomic E-state index is -0.829. The van der Waals surface area contributed by atoms with E-state index in [4.69, 9.17) is 16.7 Å². The quantitative estimate of drug-likeness (QED) is 0.862. The predicted molar refractivity (Wildman–Crippen MR) is 66.3 cm³/mol. The van der Waals surface area contributed by atoms with Gasteiger partial charge in [0.05, 0.1) is 0 Å². The Hall–Kier alpha value is -1.22. The number of hydrogen-bond donors (Lipinski definition) is 1. The third-order valence-electron chi connectivity index (χ3n) is 2.34. The van der Waals surface area contributed by atoms with Gasteiger partial charge in [0, 0.05) is 17.3 Å². The van der Waals surface area contributed by atoms with Crippen molar-refractivity contribution < 1.29 is 9.90 Å². The number of aliphatic carboxylic acids is 1. The molecule has 0 bridgehead atoms. The maximum atomic E-state index is 10.7. The Morgan fingerprint density at radius 1 is 1.50 bits per heavy atom. The maximum Gasteiger partial charge on any atom is 0.323 e. The molecule has 4 heteroatoms. The van der Waals surface area contributed by atoms with E-state index >= 15 is 0 Å². The molecule has 3 nitrogen and oxygen atoms in total. The molecule has 16 heavy (non-hydrogen) atoms. The van der Waals surface area contributed by atoms with Gasteiger partial charge in [-0.1, -0.05) is 24.6 Å². The van der Waals surface area contributed by atoms with Crippen molar-refractivity contribution in [2.45, 2.75) is 20.3 Å². The normalized spacial score (nSPS) is 10.2. The third-order valence-corrected chi connectivity index (χ3v) is 2.75. The number of aryl methyl sites for hydroxylation is 1. The molecule has 1 aromatic carbocycles. The van der Waals surface area contributed by atoms with Crippen LogP contribution in [0.15, 0.2) is 18.2 Å². The molecule has 1 rings (SSSR count). The number of carboxylic acids is 1. The van der Waals surface area contributed by atoms with Crippen molar-refractivity contribution in [3.8, 4) is 0 Å². The van der Waals surface area contributed by atoms with Gasteiger partial charge in [0.1, 0.15) is 6.54 Å². The topological polar surface area (TPSA) is 40.5 Å². The van der Waals surface area contributed by atoms with E-state index in [-0.39, 0.29) is 6.54 Å². The monoisotopic (exact) mass is 241 g/mol. The molecule has 0 heterocycles. The molecule has 0 amide bonds. The van der Waals surface area contributed by atoms with Crippen molar-refractivity contribution in [1.29, 1.82) is 0 Å². The summed E-state index contributed by atoms with van der Waals surface area (Å²) in [7, 11) is 0. The van der Waals surface area contributed by atoms with E-state index in [9.17, 15) is 4.79 Å². The number of nitrogens with zero attached hydrogens (tertiary/aromatic N) is 1. The van der Waals surface area contributed by atoms with Crippen LogP contribution in [-0.4, -0.2) is 24.2 Å². The molecule has 0 saturated heterocycles. The highest BCUT2D eigenvalue weighted by atomic mass is 35.5. The molecule has 0 aromatic heterocycles. The molecule has 0 aliphatic carbocycles. The largest absolute Gasteiger partial charge is 0.480 e. The highest BCUT2D eigenvalue weighted by Gasteiger charge is 2.10. The van der Waals surface area contributed by atoms with Crippen molar-refractivity contribution in [3.63, 3.8) is 0 Å². The maximum absolute atomic E-state index is 10.7. The van der Waals surface area contributed by atoms with Crippen LogP contribution in [0.2, 0.25) is 5.02 Å². The molecule has 0 spiro atoms. The standard InChI is InChI=1S/C12H16ClNO2/c1-3-6-14(8-12(15)16)10-5-4-9(2)11(13)7-10/h4-5,7H,3,6,8H2,1-2H3,(H,15,16). The summed E-state index contributed by atoms with van der Waals surface area (Å²) in [6, 6.07) is 5.62. The Balaban J connectivity index is 2.91. The van der Waals surface area contributed by atoms with Gasteiger partial charge in [0.15, 0.2) is 0 Å². The summed E-state index contributed by atoms with van der Waals surface area (Å²) in [6.07, 6.45) is 0.902. The Bertz CT molecular complexity index is 379. The van der Waals surface area contributed by atoms with Crippen LogP contribution in [-0.2, 0) is 4.79 Å². The second-order valence-electron chi connectivity index (χ2n) is 3.75. The van der Waals surface area contributed by atoms with Gasteiger partial charge in [-0.15, -0.1) is 0 Å². The molecule has 0 unspecified atom stereocenters. The summed E-state index contributed by atoms with van der Waals surface area (Å²) in [5.74, 6) is -0.829. The summed E-state index contributed by atoms with van der Waals surface area (Å²) in [5, 5.41) is 9.49. The van der Waals surface area contributed by atoms with Gasteiger partial charge in [-0.3, -0.25) is 4.79 Å². The summed E-state index contributed by atoms with van der Waals surface area (Å²) in [5.41, 5.74) is 1.86. The second-order valence-corrected chi connectivity index (χ2v) is 4.16. The van der Waals surface area contributed by atoms with Crippen LogP contribution in [0, 0.1) is 6.92 Å². The molecule has 1 aromatic rings. The van der Waals surface area contributed by atoms with Crippen LogP contribution in [0.4, 0.5) is 5.69 Å². The number of hydrogen-bond acceptors (Lipinski definition) is 2. The smallest absolute Gasteiger partial charge is 0.323 e. The van der Waals surface area contributed by atoms with Crippen LogP contribution in [0.3, 0.4) is 0 Å². The van der Waals surface area contributed by atoms with E-state index in [1.807, 2.05) is 36.9 Å². The average molecular weight is 242 g/mol. The number of benzene rings is 1. The van der Waals surface area contributed by atoms with Crippen molar-refractivity contribution in [3.05, 3.63) is 28.8 Å². The van der Waals surface area contributed by atoms with E-state index in [2.05, 4.69) is 0 Å². The van der Waals surface area contributed by atoms with Crippen LogP contribution in [0.1, 0.15) is 18.9 Å². The summed E-state index contributed by atoms with van der Waals surface area (Å²) in [6.45, 7) is 4.66. The molecule has 0 aliphatic rings. The summed E-state index contributed by atoms with van der Waals surface area (Å²) in [4.78, 5) is 12.5. The zero-order chi connectivity index (χ0) is 12.1. The van der Waals surface area contributed by atoms with E-state index < -0.39 is 5.97 Å². The zero-order valence-electron chi connectivity index (χ0n) is 9.53. The SMILES string of the molecule is CCCN(CC(=O)O)c1ccc(C)c(Cl)c1. The third kappa shape index (κ3) is 3.42. The molecule has 88 valence electrons. The van der Waals surface area contributed by atoms with Crippen molar-refractivity contribution >= 4 is 23.3 Å². The minimum Gasteiger partial charge on any atom is -0.480 e. The minimum absolute atomic E-state index is 0.00717. The summed E-state index contributed by atoms with van der Waals surface area (Å²) >= 11 is 6.02. The van der Waals surface area contributed by atoms with E-state index in [0.717, 1.165) is 17.7 Å². The zero-order valence-corrected chi connectivity index (χ0v) is 10.3. The lowest BCUT2D eigenvalue weighted by atomic mass is 10.2. The van der Waals surface area contributed by atoms with Crippen molar-refractivity contribution in [1.82, 2.24) is 0 Å². The lowest BCUT2D eigenvalue weighted by molar-refractivity contribution is -0.135. The molecular weight excluding hydrogens is 226 g/mol. The van der Waals surface area contributed by atoms with E-state index in [1.54, 1.807) is 0 Å². The van der Waals surface area contributed by atoms with Crippen LogP contribution in [0.25, 0.3) is 0 Å². The first-order valence-electron chi connectivity index (χ1n) is 5.27. The fourth-order valence-electron chi connectivity index (χ4n) is 1.51. The second kappa shape index (κ2) is 5.75. The van der Waals surface area contributed by atoms with Gasteiger partial charge in [-0.05, 0) is 31.0 Å². The molecular formula is C12H16ClNO2. The lowest BCUT2D eigenvalue weighted by Crippen LogP contribution is -2.30. The number of halogens is 1. The Morgan fingerprint density at radius 2 is 2.19 bits per heavy atom. The molecule has 0 atom stereocenters. The first kappa shape index (κ1) is 12.8. The fraction of sp³-hybridized carbons (Fsp3) is 0.417. The summed E-state index contributed by atoms with van der Waals surface area (Å²) < 4.78 is 0. The van der Waals surface area contributed by atoms with Gasteiger partial charge in [0.25, 0.3) is 0 Å². The Labute approximate surface area is 101 Å². The predicted octanol–water partition coefficient (Wildman–Crippen LogP) is 2.95. The van der Waals surface area contributed by atoms with Crippen LogP contribution < -0.4 is 4.90 Å². The molecule has 0 aliphatic heterocycles. The first-order chi connectivity index (χ1) is 7.54. The highest BCUT2D eigenvalue weighted by Crippen LogP contribution is 2.23. The van der Waals surface area contributed by atoms with Crippen LogP contribution >= 0.6 is 11.6 Å². The van der Waals surface area contributed by atoms with Gasteiger partial charge >= 0.3 is 5.97 Å². The van der Waals surface area contributed by atoms with Crippen molar-refractivity contribution in [2.24, 2.45) is 0 Å². The van der Waals surface area contributed by atoms with Crippen molar-refractivity contribution in [2.75, 3.05) is 18.0 Å². The Morgan fingerprint density at radius 3 is 2.69 bits per heavy atom. The number of anilines is 1.